The van der Waals surface area contributed by atoms with Crippen LogP contribution in [-0.2, 0) is 0 Å². The minimum atomic E-state index is 0.784. The molecule has 1 saturated heterocycles. The van der Waals surface area contributed by atoms with Crippen LogP contribution >= 0.6 is 0 Å². The van der Waals surface area contributed by atoms with Crippen LogP contribution in [0.25, 0.3) is 10.9 Å². The fraction of sp³-hybridized carbons (Fsp3) is 0.222. The number of fused-ring (bicyclic) bond motifs is 1. The first-order valence-corrected chi connectivity index (χ1v) is 7.62. The highest BCUT2D eigenvalue weighted by atomic mass is 16.5. The van der Waals surface area contributed by atoms with Gasteiger partial charge in [-0.15, -0.1) is 0 Å². The van der Waals surface area contributed by atoms with Crippen LogP contribution in [0.2, 0.25) is 0 Å². The maximum Gasteiger partial charge on any atom is 0.139 e. The molecule has 4 heteroatoms. The summed E-state index contributed by atoms with van der Waals surface area (Å²) in [5, 5.41) is 0.925. The van der Waals surface area contributed by atoms with E-state index >= 15 is 0 Å². The lowest BCUT2D eigenvalue weighted by molar-refractivity contribution is 0.488. The van der Waals surface area contributed by atoms with Crippen molar-refractivity contribution in [3.05, 3.63) is 55.0 Å². The quantitative estimate of drug-likeness (QED) is 0.730. The van der Waals surface area contributed by atoms with Gasteiger partial charge in [-0.05, 0) is 49.2 Å². The summed E-state index contributed by atoms with van der Waals surface area (Å²) in [5.41, 5.74) is 2.16. The first-order chi connectivity index (χ1) is 10.9. The van der Waals surface area contributed by atoms with Crippen LogP contribution in [0, 0.1) is 0 Å². The Labute approximate surface area is 129 Å². The Morgan fingerprint density at radius 2 is 1.73 bits per heavy atom. The first-order valence-electron chi connectivity index (χ1n) is 7.62. The third-order valence-corrected chi connectivity index (χ3v) is 4.04. The van der Waals surface area contributed by atoms with Gasteiger partial charge in [0.2, 0.25) is 0 Å². The van der Waals surface area contributed by atoms with E-state index in [2.05, 4.69) is 27.0 Å². The van der Waals surface area contributed by atoms with Gasteiger partial charge < -0.3 is 9.64 Å². The van der Waals surface area contributed by atoms with Crippen molar-refractivity contribution >= 4 is 16.6 Å². The molecule has 2 aromatic heterocycles. The van der Waals surface area contributed by atoms with E-state index in [0.717, 1.165) is 35.5 Å². The molecule has 3 heterocycles. The van der Waals surface area contributed by atoms with Gasteiger partial charge in [-0.3, -0.25) is 9.97 Å². The second-order valence-electron chi connectivity index (χ2n) is 5.49. The van der Waals surface area contributed by atoms with Gasteiger partial charge in [0.25, 0.3) is 0 Å². The van der Waals surface area contributed by atoms with E-state index in [1.807, 2.05) is 24.3 Å². The molecular weight excluding hydrogens is 274 g/mol. The summed E-state index contributed by atoms with van der Waals surface area (Å²) in [6.07, 6.45) is 7.86. The van der Waals surface area contributed by atoms with Crippen LogP contribution in [0.3, 0.4) is 0 Å². The van der Waals surface area contributed by atoms with Crippen LogP contribution in [-0.4, -0.2) is 23.1 Å². The summed E-state index contributed by atoms with van der Waals surface area (Å²) in [7, 11) is 0. The van der Waals surface area contributed by atoms with Crippen LogP contribution < -0.4 is 9.64 Å². The van der Waals surface area contributed by atoms with E-state index < -0.39 is 0 Å². The fourth-order valence-corrected chi connectivity index (χ4v) is 2.88. The molecule has 0 saturated carbocycles. The van der Waals surface area contributed by atoms with E-state index in [0.29, 0.717) is 0 Å². The number of benzene rings is 1. The summed E-state index contributed by atoms with van der Waals surface area (Å²) in [4.78, 5) is 10.9. The number of rotatable bonds is 3. The molecule has 0 unspecified atom stereocenters. The summed E-state index contributed by atoms with van der Waals surface area (Å²) < 4.78 is 6.01. The molecule has 4 rings (SSSR count). The van der Waals surface area contributed by atoms with Crippen LogP contribution in [0.4, 0.5) is 5.69 Å². The molecule has 3 aromatic rings. The molecule has 0 bridgehead atoms. The Morgan fingerprint density at radius 3 is 2.55 bits per heavy atom. The highest BCUT2D eigenvalue weighted by Gasteiger charge is 2.12. The minimum Gasteiger partial charge on any atom is -0.457 e. The largest absolute Gasteiger partial charge is 0.457 e. The van der Waals surface area contributed by atoms with E-state index in [9.17, 15) is 0 Å². The summed E-state index contributed by atoms with van der Waals surface area (Å²) >= 11 is 0. The predicted molar refractivity (Wildman–Crippen MR) is 87.5 cm³/mol. The fourth-order valence-electron chi connectivity index (χ4n) is 2.88. The molecule has 0 N–H and O–H groups in total. The number of hydrogen-bond acceptors (Lipinski definition) is 4. The Kier molecular flexibility index (Phi) is 3.35. The van der Waals surface area contributed by atoms with Crippen molar-refractivity contribution in [2.45, 2.75) is 12.8 Å². The average molecular weight is 291 g/mol. The molecule has 0 amide bonds. The van der Waals surface area contributed by atoms with Crippen molar-refractivity contribution in [3.8, 4) is 11.5 Å². The molecule has 1 fully saturated rings. The molecule has 22 heavy (non-hydrogen) atoms. The zero-order valence-electron chi connectivity index (χ0n) is 12.3. The zero-order chi connectivity index (χ0) is 14.8. The van der Waals surface area contributed by atoms with Crippen molar-refractivity contribution in [2.75, 3.05) is 18.0 Å². The van der Waals surface area contributed by atoms with Gasteiger partial charge >= 0.3 is 0 Å². The van der Waals surface area contributed by atoms with Gasteiger partial charge in [0.1, 0.15) is 11.5 Å². The summed E-state index contributed by atoms with van der Waals surface area (Å²) in [6, 6.07) is 12.1. The second kappa shape index (κ2) is 5.64. The smallest absolute Gasteiger partial charge is 0.139 e. The standard InChI is InChI=1S/C18H17N3O/c1-2-12-21(11-1)14-3-5-15(6-4-14)22-18-8-10-20-17-7-9-19-13-16(17)18/h3-10,13H,1-2,11-12H2. The van der Waals surface area contributed by atoms with E-state index in [1.165, 1.54) is 18.5 Å². The van der Waals surface area contributed by atoms with E-state index in [-0.39, 0.29) is 0 Å². The lowest BCUT2D eigenvalue weighted by Crippen LogP contribution is -2.17. The molecule has 1 aromatic carbocycles. The molecule has 110 valence electrons. The third kappa shape index (κ3) is 2.48. The van der Waals surface area contributed by atoms with Crippen LogP contribution in [0.15, 0.2) is 55.0 Å². The molecule has 0 aliphatic carbocycles. The van der Waals surface area contributed by atoms with Gasteiger partial charge in [-0.2, -0.15) is 0 Å². The lowest BCUT2D eigenvalue weighted by atomic mass is 10.2. The SMILES string of the molecule is c1cc2nccc(Oc3ccc(N4CCCC4)cc3)c2cn1. The molecule has 0 atom stereocenters. The Bertz CT molecular complexity index is 774. The molecule has 1 aliphatic rings. The molecule has 1 aliphatic heterocycles. The molecule has 0 spiro atoms. The van der Waals surface area contributed by atoms with E-state index in [1.54, 1.807) is 18.6 Å². The summed E-state index contributed by atoms with van der Waals surface area (Å²) in [6.45, 7) is 2.31. The monoisotopic (exact) mass is 291 g/mol. The average Bonchev–Trinajstić information content (AvgIpc) is 3.10. The van der Waals surface area contributed by atoms with Gasteiger partial charge in [0.05, 0.1) is 10.9 Å². The lowest BCUT2D eigenvalue weighted by Gasteiger charge is -2.17. The minimum absolute atomic E-state index is 0.784. The van der Waals surface area contributed by atoms with Crippen LogP contribution in [0.5, 0.6) is 11.5 Å². The summed E-state index contributed by atoms with van der Waals surface area (Å²) in [5.74, 6) is 1.62. The Morgan fingerprint density at radius 1 is 0.909 bits per heavy atom. The number of ether oxygens (including phenoxy) is 1. The maximum atomic E-state index is 6.01. The first kappa shape index (κ1) is 13.1. The maximum absolute atomic E-state index is 6.01. The number of nitrogens with zero attached hydrogens (tertiary/aromatic N) is 3. The van der Waals surface area contributed by atoms with Crippen LogP contribution in [0.1, 0.15) is 12.8 Å². The van der Waals surface area contributed by atoms with Crippen molar-refractivity contribution < 1.29 is 4.74 Å². The van der Waals surface area contributed by atoms with Crippen molar-refractivity contribution in [2.24, 2.45) is 0 Å². The van der Waals surface area contributed by atoms with Crippen molar-refractivity contribution in [1.29, 1.82) is 0 Å². The molecule has 4 nitrogen and oxygen atoms in total. The van der Waals surface area contributed by atoms with Crippen molar-refractivity contribution in [3.63, 3.8) is 0 Å². The Hall–Kier alpha value is -2.62. The second-order valence-corrected chi connectivity index (χ2v) is 5.49. The van der Waals surface area contributed by atoms with Gasteiger partial charge in [-0.1, -0.05) is 0 Å². The number of pyridine rings is 2. The zero-order valence-corrected chi connectivity index (χ0v) is 12.3. The number of anilines is 1. The number of aromatic nitrogens is 2. The highest BCUT2D eigenvalue weighted by Crippen LogP contribution is 2.29. The third-order valence-electron chi connectivity index (χ3n) is 4.04. The normalized spacial score (nSPS) is 14.5. The van der Waals surface area contributed by atoms with E-state index in [4.69, 9.17) is 4.74 Å². The molecular formula is C18H17N3O. The Balaban J connectivity index is 1.59. The topological polar surface area (TPSA) is 38.2 Å². The highest BCUT2D eigenvalue weighted by molar-refractivity contribution is 5.83. The van der Waals surface area contributed by atoms with Gasteiger partial charge in [-0.25, -0.2) is 0 Å². The number of hydrogen-bond donors (Lipinski definition) is 0. The molecule has 0 radical (unpaired) electrons. The van der Waals surface area contributed by atoms with Gasteiger partial charge in [0, 0.05) is 37.4 Å². The van der Waals surface area contributed by atoms with Gasteiger partial charge in [0.15, 0.2) is 0 Å². The van der Waals surface area contributed by atoms with Crippen molar-refractivity contribution in [1.82, 2.24) is 9.97 Å². The predicted octanol–water partition coefficient (Wildman–Crippen LogP) is 4.02.